The second-order valence-corrected chi connectivity index (χ2v) is 6.45. The first-order valence-corrected chi connectivity index (χ1v) is 8.58. The van der Waals surface area contributed by atoms with Gasteiger partial charge in [0.05, 0.1) is 0 Å². The molecule has 0 amide bonds. The second kappa shape index (κ2) is 6.65. The minimum atomic E-state index is -0.352. The van der Waals surface area contributed by atoms with Crippen molar-refractivity contribution in [3.63, 3.8) is 0 Å². The highest BCUT2D eigenvalue weighted by Crippen LogP contribution is 2.28. The van der Waals surface area contributed by atoms with Crippen LogP contribution in [0, 0.1) is 0 Å². The molecule has 0 aliphatic heterocycles. The third kappa shape index (κ3) is 3.07. The standard InChI is InChI=1S/C22H19NO3/c1-14(16-6-4-7-18(24)11-16)23-13-17-12-21(25)26-20-10-9-15-5-2-3-8-19(15)22(17)20/h2-12,14,23-24H,13H2,1H3/t14-/m0/s1. The Morgan fingerprint density at radius 3 is 2.73 bits per heavy atom. The van der Waals surface area contributed by atoms with Gasteiger partial charge >= 0.3 is 5.63 Å². The average Bonchev–Trinajstić information content (AvgIpc) is 2.65. The molecule has 0 saturated carbocycles. The molecule has 3 aromatic carbocycles. The van der Waals surface area contributed by atoms with Crippen LogP contribution in [0.25, 0.3) is 21.7 Å². The van der Waals surface area contributed by atoms with Crippen LogP contribution in [0.3, 0.4) is 0 Å². The fraction of sp³-hybridized carbons (Fsp3) is 0.136. The van der Waals surface area contributed by atoms with Crippen molar-refractivity contribution in [2.24, 2.45) is 0 Å². The summed E-state index contributed by atoms with van der Waals surface area (Å²) in [6.07, 6.45) is 0. The van der Waals surface area contributed by atoms with Crippen molar-refractivity contribution >= 4 is 21.7 Å². The van der Waals surface area contributed by atoms with Crippen molar-refractivity contribution in [2.75, 3.05) is 0 Å². The lowest BCUT2D eigenvalue weighted by atomic mass is 10.0. The fourth-order valence-corrected chi connectivity index (χ4v) is 3.33. The van der Waals surface area contributed by atoms with E-state index in [1.165, 1.54) is 0 Å². The molecule has 26 heavy (non-hydrogen) atoms. The number of phenols is 1. The molecule has 0 saturated heterocycles. The zero-order chi connectivity index (χ0) is 18.1. The van der Waals surface area contributed by atoms with E-state index in [0.29, 0.717) is 12.1 Å². The Bertz CT molecular complexity index is 1150. The molecule has 4 heteroatoms. The van der Waals surface area contributed by atoms with Gasteiger partial charge in [-0.25, -0.2) is 4.79 Å². The van der Waals surface area contributed by atoms with E-state index in [1.54, 1.807) is 18.2 Å². The summed E-state index contributed by atoms with van der Waals surface area (Å²) in [5.74, 6) is 0.243. The van der Waals surface area contributed by atoms with Gasteiger partial charge in [-0.15, -0.1) is 0 Å². The Kier molecular flexibility index (Phi) is 4.19. The molecular formula is C22H19NO3. The highest BCUT2D eigenvalue weighted by molar-refractivity contribution is 6.07. The van der Waals surface area contributed by atoms with Crippen molar-refractivity contribution in [2.45, 2.75) is 19.5 Å². The maximum atomic E-state index is 12.0. The third-order valence-corrected chi connectivity index (χ3v) is 4.68. The monoisotopic (exact) mass is 345 g/mol. The summed E-state index contributed by atoms with van der Waals surface area (Å²) in [4.78, 5) is 12.0. The molecule has 0 fully saturated rings. The summed E-state index contributed by atoms with van der Waals surface area (Å²) in [5.41, 5.74) is 2.13. The van der Waals surface area contributed by atoms with Crippen LogP contribution in [0.4, 0.5) is 0 Å². The number of hydrogen-bond acceptors (Lipinski definition) is 4. The summed E-state index contributed by atoms with van der Waals surface area (Å²) in [5, 5.41) is 16.2. The molecule has 4 aromatic rings. The number of rotatable bonds is 4. The van der Waals surface area contributed by atoms with Crippen LogP contribution in [0.1, 0.15) is 24.1 Å². The molecule has 1 heterocycles. The first-order chi connectivity index (χ1) is 12.6. The highest BCUT2D eigenvalue weighted by atomic mass is 16.4. The van der Waals surface area contributed by atoms with E-state index in [2.05, 4.69) is 5.32 Å². The van der Waals surface area contributed by atoms with Gasteiger partial charge in [0.2, 0.25) is 0 Å². The zero-order valence-electron chi connectivity index (χ0n) is 14.4. The summed E-state index contributed by atoms with van der Waals surface area (Å²) < 4.78 is 5.40. The lowest BCUT2D eigenvalue weighted by Crippen LogP contribution is -2.19. The second-order valence-electron chi connectivity index (χ2n) is 6.45. The summed E-state index contributed by atoms with van der Waals surface area (Å²) in [6.45, 7) is 2.55. The quantitative estimate of drug-likeness (QED) is 0.422. The van der Waals surface area contributed by atoms with E-state index < -0.39 is 0 Å². The molecule has 2 N–H and O–H groups in total. The molecule has 4 nitrogen and oxygen atoms in total. The van der Waals surface area contributed by atoms with E-state index in [1.807, 2.05) is 55.5 Å². The third-order valence-electron chi connectivity index (χ3n) is 4.68. The molecule has 0 bridgehead atoms. The Morgan fingerprint density at radius 1 is 1.04 bits per heavy atom. The van der Waals surface area contributed by atoms with Crippen LogP contribution in [-0.2, 0) is 6.54 Å². The van der Waals surface area contributed by atoms with Crippen molar-refractivity contribution in [1.82, 2.24) is 5.32 Å². The van der Waals surface area contributed by atoms with Crippen LogP contribution >= 0.6 is 0 Å². The number of benzene rings is 3. The van der Waals surface area contributed by atoms with Crippen LogP contribution in [-0.4, -0.2) is 5.11 Å². The van der Waals surface area contributed by atoms with Gasteiger partial charge in [0.1, 0.15) is 11.3 Å². The maximum absolute atomic E-state index is 12.0. The zero-order valence-corrected chi connectivity index (χ0v) is 14.4. The van der Waals surface area contributed by atoms with Crippen molar-refractivity contribution < 1.29 is 9.52 Å². The average molecular weight is 345 g/mol. The van der Waals surface area contributed by atoms with E-state index in [0.717, 1.165) is 27.3 Å². The van der Waals surface area contributed by atoms with Crippen molar-refractivity contribution in [3.8, 4) is 5.75 Å². The van der Waals surface area contributed by atoms with Gasteiger partial charge in [-0.2, -0.15) is 0 Å². The number of aromatic hydroxyl groups is 1. The van der Waals surface area contributed by atoms with Gasteiger partial charge in [0, 0.05) is 24.0 Å². The molecule has 0 unspecified atom stereocenters. The van der Waals surface area contributed by atoms with Gasteiger partial charge in [-0.3, -0.25) is 0 Å². The molecule has 0 radical (unpaired) electrons. The molecule has 130 valence electrons. The Morgan fingerprint density at radius 2 is 1.88 bits per heavy atom. The number of phenolic OH excluding ortho intramolecular Hbond substituents is 1. The van der Waals surface area contributed by atoms with Crippen molar-refractivity contribution in [3.05, 3.63) is 88.3 Å². The van der Waals surface area contributed by atoms with Crippen LogP contribution in [0.2, 0.25) is 0 Å². The molecule has 1 atom stereocenters. The Hall–Kier alpha value is -3.11. The predicted octanol–water partition coefficient (Wildman–Crippen LogP) is 4.50. The van der Waals surface area contributed by atoms with E-state index in [9.17, 15) is 9.90 Å². The first kappa shape index (κ1) is 16.4. The normalized spacial score (nSPS) is 12.5. The van der Waals surface area contributed by atoms with Crippen LogP contribution in [0.5, 0.6) is 5.75 Å². The molecule has 1 aromatic heterocycles. The molecular weight excluding hydrogens is 326 g/mol. The van der Waals surface area contributed by atoms with E-state index >= 15 is 0 Å². The Balaban J connectivity index is 1.74. The Labute approximate surface area is 150 Å². The number of nitrogens with one attached hydrogen (secondary N) is 1. The molecule has 0 spiro atoms. The first-order valence-electron chi connectivity index (χ1n) is 8.58. The van der Waals surface area contributed by atoms with Gasteiger partial charge in [0.15, 0.2) is 0 Å². The topological polar surface area (TPSA) is 62.5 Å². The summed E-state index contributed by atoms with van der Waals surface area (Å²) >= 11 is 0. The predicted molar refractivity (Wildman–Crippen MR) is 103 cm³/mol. The van der Waals surface area contributed by atoms with Crippen LogP contribution < -0.4 is 10.9 Å². The van der Waals surface area contributed by atoms with E-state index in [4.69, 9.17) is 4.42 Å². The summed E-state index contributed by atoms with van der Waals surface area (Å²) in [6, 6.07) is 20.6. The SMILES string of the molecule is C[C@H](NCc1cc(=O)oc2ccc3ccccc3c12)c1cccc(O)c1. The fourth-order valence-electron chi connectivity index (χ4n) is 3.33. The minimum Gasteiger partial charge on any atom is -0.508 e. The largest absolute Gasteiger partial charge is 0.508 e. The number of hydrogen-bond donors (Lipinski definition) is 2. The van der Waals surface area contributed by atoms with Crippen molar-refractivity contribution in [1.29, 1.82) is 0 Å². The van der Waals surface area contributed by atoms with Crippen LogP contribution in [0.15, 0.2) is 75.9 Å². The van der Waals surface area contributed by atoms with Gasteiger partial charge in [-0.05, 0) is 47.0 Å². The lowest BCUT2D eigenvalue weighted by molar-refractivity contribution is 0.472. The molecule has 0 aliphatic carbocycles. The van der Waals surface area contributed by atoms with Gasteiger partial charge in [0.25, 0.3) is 0 Å². The lowest BCUT2D eigenvalue weighted by Gasteiger charge is -2.16. The maximum Gasteiger partial charge on any atom is 0.336 e. The van der Waals surface area contributed by atoms with Gasteiger partial charge < -0.3 is 14.8 Å². The highest BCUT2D eigenvalue weighted by Gasteiger charge is 2.11. The number of fused-ring (bicyclic) bond motifs is 3. The van der Waals surface area contributed by atoms with Gasteiger partial charge in [-0.1, -0.05) is 42.5 Å². The molecule has 4 rings (SSSR count). The summed E-state index contributed by atoms with van der Waals surface area (Å²) in [7, 11) is 0. The molecule has 0 aliphatic rings. The van der Waals surface area contributed by atoms with E-state index in [-0.39, 0.29) is 17.4 Å². The minimum absolute atomic E-state index is 0.0272. The smallest absolute Gasteiger partial charge is 0.336 e.